The van der Waals surface area contributed by atoms with Crippen LogP contribution in [-0.2, 0) is 4.79 Å². The molecule has 9 heteroatoms. The minimum absolute atomic E-state index is 0.147. The first-order chi connectivity index (χ1) is 14.4. The van der Waals surface area contributed by atoms with Crippen LogP contribution in [-0.4, -0.2) is 42.6 Å². The molecule has 30 heavy (non-hydrogen) atoms. The van der Waals surface area contributed by atoms with Crippen molar-refractivity contribution >= 4 is 29.4 Å². The van der Waals surface area contributed by atoms with Crippen LogP contribution in [0.4, 0.5) is 11.4 Å². The number of anilines is 1. The maximum absolute atomic E-state index is 12.2. The van der Waals surface area contributed by atoms with Gasteiger partial charge in [0, 0.05) is 36.0 Å². The molecule has 0 saturated heterocycles. The number of nitro groups is 1. The van der Waals surface area contributed by atoms with Gasteiger partial charge >= 0.3 is 0 Å². The molecule has 2 aromatic rings. The van der Waals surface area contributed by atoms with Crippen molar-refractivity contribution in [3.05, 3.63) is 69.3 Å². The molecule has 0 radical (unpaired) electrons. The van der Waals surface area contributed by atoms with Gasteiger partial charge in [-0.15, -0.1) is 0 Å². The largest absolute Gasteiger partial charge is 0.372 e. The second-order valence-electron chi connectivity index (χ2n) is 6.45. The Balaban J connectivity index is 1.87. The minimum atomic E-state index is -0.567. The first-order valence-corrected chi connectivity index (χ1v) is 9.56. The predicted octanol–water partition coefficient (Wildman–Crippen LogP) is 2.63. The highest BCUT2D eigenvalue weighted by atomic mass is 16.6. The summed E-state index contributed by atoms with van der Waals surface area (Å²) in [5.74, 6) is -1.08. The molecule has 0 aromatic heterocycles. The van der Waals surface area contributed by atoms with Crippen LogP contribution in [0, 0.1) is 17.0 Å². The smallest absolute Gasteiger partial charge is 0.273 e. The normalized spacial score (nSPS) is 10.6. The van der Waals surface area contributed by atoms with Gasteiger partial charge in [-0.3, -0.25) is 19.7 Å². The van der Waals surface area contributed by atoms with E-state index in [0.717, 1.165) is 24.3 Å². The molecule has 0 saturated carbocycles. The second kappa shape index (κ2) is 10.7. The first kappa shape index (κ1) is 22.5. The lowest BCUT2D eigenvalue weighted by atomic mass is 10.1. The summed E-state index contributed by atoms with van der Waals surface area (Å²) in [5, 5.41) is 17.3. The van der Waals surface area contributed by atoms with E-state index in [1.54, 1.807) is 0 Å². The Kier molecular flexibility index (Phi) is 8.04. The molecule has 2 rings (SSSR count). The Labute approximate surface area is 174 Å². The maximum atomic E-state index is 12.2. The molecule has 0 heterocycles. The zero-order valence-electron chi connectivity index (χ0n) is 17.2. The fraction of sp³-hybridized carbons (Fsp3) is 0.286. The molecule has 0 atom stereocenters. The molecule has 2 amide bonds. The number of carbonyl (C=O) groups excluding carboxylic acids is 2. The molecule has 2 N–H and O–H groups in total. The van der Waals surface area contributed by atoms with Crippen molar-refractivity contribution in [3.63, 3.8) is 0 Å². The summed E-state index contributed by atoms with van der Waals surface area (Å²) < 4.78 is 0. The van der Waals surface area contributed by atoms with Crippen molar-refractivity contribution in [2.24, 2.45) is 5.10 Å². The number of rotatable bonds is 9. The molecule has 0 spiro atoms. The number of hydrogen-bond donors (Lipinski definition) is 2. The standard InChI is InChI=1S/C21H25N5O4/c1-4-25(5-2)17-11-9-16(10-12-17)13-23-24-20(27)14-22-21(28)18-7-6-8-19(15(18)3)26(29)30/h6-13H,4-5,14H2,1-3H3,(H,22,28)(H,24,27). The highest BCUT2D eigenvalue weighted by Gasteiger charge is 2.18. The number of nitrogens with one attached hydrogen (secondary N) is 2. The molecule has 0 aliphatic rings. The number of nitrogens with zero attached hydrogens (tertiary/aromatic N) is 3. The Morgan fingerprint density at radius 1 is 1.13 bits per heavy atom. The van der Waals surface area contributed by atoms with Crippen LogP contribution in [0.25, 0.3) is 0 Å². The number of hydrogen-bond acceptors (Lipinski definition) is 6. The monoisotopic (exact) mass is 411 g/mol. The lowest BCUT2D eigenvalue weighted by Crippen LogP contribution is -2.35. The van der Waals surface area contributed by atoms with Crippen LogP contribution >= 0.6 is 0 Å². The number of amides is 2. The van der Waals surface area contributed by atoms with Crippen molar-refractivity contribution in [2.75, 3.05) is 24.5 Å². The van der Waals surface area contributed by atoms with Crippen LogP contribution in [0.3, 0.4) is 0 Å². The van der Waals surface area contributed by atoms with E-state index < -0.39 is 16.7 Å². The van der Waals surface area contributed by atoms with Gasteiger partial charge in [-0.2, -0.15) is 5.10 Å². The van der Waals surface area contributed by atoms with E-state index in [0.29, 0.717) is 0 Å². The summed E-state index contributed by atoms with van der Waals surface area (Å²) in [6.45, 7) is 7.20. The van der Waals surface area contributed by atoms with Crippen molar-refractivity contribution in [3.8, 4) is 0 Å². The molecule has 0 aliphatic heterocycles. The van der Waals surface area contributed by atoms with Crippen LogP contribution in [0.15, 0.2) is 47.6 Å². The zero-order valence-corrected chi connectivity index (χ0v) is 17.2. The van der Waals surface area contributed by atoms with Gasteiger partial charge in [0.25, 0.3) is 17.5 Å². The number of carbonyl (C=O) groups is 2. The number of hydrazone groups is 1. The number of benzene rings is 2. The fourth-order valence-corrected chi connectivity index (χ4v) is 2.90. The number of nitro benzene ring substituents is 1. The van der Waals surface area contributed by atoms with E-state index in [4.69, 9.17) is 0 Å². The van der Waals surface area contributed by atoms with Gasteiger partial charge < -0.3 is 10.2 Å². The van der Waals surface area contributed by atoms with Crippen LogP contribution in [0.5, 0.6) is 0 Å². The average Bonchev–Trinajstić information content (AvgIpc) is 2.74. The van der Waals surface area contributed by atoms with E-state index in [-0.39, 0.29) is 23.4 Å². The Morgan fingerprint density at radius 2 is 1.80 bits per heavy atom. The fourth-order valence-electron chi connectivity index (χ4n) is 2.90. The van der Waals surface area contributed by atoms with E-state index in [9.17, 15) is 19.7 Å². The summed E-state index contributed by atoms with van der Waals surface area (Å²) >= 11 is 0. The van der Waals surface area contributed by atoms with Gasteiger partial charge in [-0.1, -0.05) is 18.2 Å². The Morgan fingerprint density at radius 3 is 2.40 bits per heavy atom. The lowest BCUT2D eigenvalue weighted by Gasteiger charge is -2.20. The topological polar surface area (TPSA) is 117 Å². The van der Waals surface area contributed by atoms with Crippen molar-refractivity contribution in [1.82, 2.24) is 10.7 Å². The molecule has 0 unspecified atom stereocenters. The van der Waals surface area contributed by atoms with Crippen LogP contribution in [0.2, 0.25) is 0 Å². The second-order valence-corrected chi connectivity index (χ2v) is 6.45. The Bertz CT molecular complexity index is 937. The SMILES string of the molecule is CCN(CC)c1ccc(C=NNC(=O)CNC(=O)c2cccc([N+](=O)[O-])c2C)cc1. The molecular weight excluding hydrogens is 386 g/mol. The van der Waals surface area contributed by atoms with Crippen LogP contribution < -0.4 is 15.6 Å². The highest BCUT2D eigenvalue weighted by Crippen LogP contribution is 2.20. The molecule has 0 fully saturated rings. The van der Waals surface area contributed by atoms with E-state index >= 15 is 0 Å². The van der Waals surface area contributed by atoms with E-state index in [1.807, 2.05) is 24.3 Å². The Hall–Kier alpha value is -3.75. The summed E-state index contributed by atoms with van der Waals surface area (Å²) in [4.78, 5) is 36.8. The third kappa shape index (κ3) is 5.87. The lowest BCUT2D eigenvalue weighted by molar-refractivity contribution is -0.385. The molecule has 0 bridgehead atoms. The first-order valence-electron chi connectivity index (χ1n) is 9.56. The van der Waals surface area contributed by atoms with E-state index in [2.05, 4.69) is 34.6 Å². The summed E-state index contributed by atoms with van der Waals surface area (Å²) in [7, 11) is 0. The van der Waals surface area contributed by atoms with Gasteiger partial charge in [0.15, 0.2) is 0 Å². The zero-order chi connectivity index (χ0) is 22.1. The molecular formula is C21H25N5O4. The molecule has 0 aliphatic carbocycles. The summed E-state index contributed by atoms with van der Waals surface area (Å²) in [6, 6.07) is 12.0. The minimum Gasteiger partial charge on any atom is -0.372 e. The summed E-state index contributed by atoms with van der Waals surface area (Å²) in [6.07, 6.45) is 1.51. The van der Waals surface area contributed by atoms with Gasteiger partial charge in [-0.05, 0) is 44.5 Å². The van der Waals surface area contributed by atoms with Crippen molar-refractivity contribution in [1.29, 1.82) is 0 Å². The van der Waals surface area contributed by atoms with Crippen molar-refractivity contribution < 1.29 is 14.5 Å². The highest BCUT2D eigenvalue weighted by molar-refractivity contribution is 5.98. The maximum Gasteiger partial charge on any atom is 0.273 e. The predicted molar refractivity (Wildman–Crippen MR) is 116 cm³/mol. The molecule has 9 nitrogen and oxygen atoms in total. The molecule has 2 aromatic carbocycles. The molecule has 158 valence electrons. The quantitative estimate of drug-likeness (QED) is 0.374. The van der Waals surface area contributed by atoms with Gasteiger partial charge in [0.1, 0.15) is 0 Å². The van der Waals surface area contributed by atoms with Crippen molar-refractivity contribution in [2.45, 2.75) is 20.8 Å². The van der Waals surface area contributed by atoms with Crippen LogP contribution in [0.1, 0.15) is 35.3 Å². The van der Waals surface area contributed by atoms with Gasteiger partial charge in [0.2, 0.25) is 0 Å². The van der Waals surface area contributed by atoms with E-state index in [1.165, 1.54) is 31.3 Å². The third-order valence-electron chi connectivity index (χ3n) is 4.58. The average molecular weight is 411 g/mol. The summed E-state index contributed by atoms with van der Waals surface area (Å²) in [5.41, 5.74) is 4.51. The van der Waals surface area contributed by atoms with Gasteiger partial charge in [0.05, 0.1) is 17.7 Å². The third-order valence-corrected chi connectivity index (χ3v) is 4.58. The van der Waals surface area contributed by atoms with Gasteiger partial charge in [-0.25, -0.2) is 5.43 Å².